The maximum Gasteiger partial charge on any atom is 0.337 e. The van der Waals surface area contributed by atoms with E-state index in [2.05, 4.69) is 0 Å². The van der Waals surface area contributed by atoms with E-state index in [4.69, 9.17) is 14.2 Å². The molecule has 194 valence electrons. The molecule has 3 N–H and O–H groups in total. The summed E-state index contributed by atoms with van der Waals surface area (Å²) in [6, 6.07) is 15.1. The van der Waals surface area contributed by atoms with Gasteiger partial charge in [-0.1, -0.05) is 30.3 Å². The monoisotopic (exact) mass is 506 g/mol. The van der Waals surface area contributed by atoms with Crippen LogP contribution in [0.1, 0.15) is 63.6 Å². The van der Waals surface area contributed by atoms with Crippen molar-refractivity contribution in [2.75, 3.05) is 14.2 Å². The largest absolute Gasteiger partial charge is 0.508 e. The Morgan fingerprint density at radius 2 is 1.70 bits per heavy atom. The van der Waals surface area contributed by atoms with Crippen LogP contribution in [0, 0.1) is 0 Å². The fourth-order valence-corrected chi connectivity index (χ4v) is 4.79. The second kappa shape index (κ2) is 10.1. The zero-order chi connectivity index (χ0) is 26.9. The SMILES string of the molecule is COC(=O)c1ccc(O)c([C@@H]2c3c(OC)cc(O)c(C(=O)CCc4ccccc4)c3O[C@H]2C(C)(C)O)c1. The Bertz CT molecular complexity index is 1320. The van der Waals surface area contributed by atoms with Gasteiger partial charge in [0.2, 0.25) is 0 Å². The van der Waals surface area contributed by atoms with Crippen LogP contribution < -0.4 is 9.47 Å². The number of rotatable bonds is 8. The first-order valence-corrected chi connectivity index (χ1v) is 11.9. The lowest BCUT2D eigenvalue weighted by Crippen LogP contribution is -2.42. The summed E-state index contributed by atoms with van der Waals surface area (Å²) in [5.41, 5.74) is 0.344. The summed E-state index contributed by atoms with van der Waals surface area (Å²) in [6.07, 6.45) is -0.418. The van der Waals surface area contributed by atoms with Gasteiger partial charge in [-0.2, -0.15) is 0 Å². The highest BCUT2D eigenvalue weighted by Gasteiger charge is 2.49. The van der Waals surface area contributed by atoms with Crippen molar-refractivity contribution in [2.24, 2.45) is 0 Å². The number of phenolic OH excluding ortho intramolecular Hbond substituents is 2. The molecule has 0 bridgehead atoms. The van der Waals surface area contributed by atoms with Crippen molar-refractivity contribution >= 4 is 11.8 Å². The average molecular weight is 507 g/mol. The van der Waals surface area contributed by atoms with E-state index >= 15 is 0 Å². The molecular weight excluding hydrogens is 476 g/mol. The quantitative estimate of drug-likeness (QED) is 0.304. The molecule has 8 nitrogen and oxygen atoms in total. The van der Waals surface area contributed by atoms with Crippen molar-refractivity contribution in [1.29, 1.82) is 0 Å². The summed E-state index contributed by atoms with van der Waals surface area (Å²) < 4.78 is 16.6. The minimum Gasteiger partial charge on any atom is -0.508 e. The first-order valence-electron chi connectivity index (χ1n) is 11.9. The van der Waals surface area contributed by atoms with Crippen LogP contribution in [0.3, 0.4) is 0 Å². The number of hydrogen-bond donors (Lipinski definition) is 3. The van der Waals surface area contributed by atoms with E-state index in [0.29, 0.717) is 12.0 Å². The number of methoxy groups -OCH3 is 2. The van der Waals surface area contributed by atoms with E-state index in [1.807, 2.05) is 30.3 Å². The molecule has 4 rings (SSSR count). The number of carbonyl (C=O) groups is 2. The predicted octanol–water partition coefficient (Wildman–Crippen LogP) is 4.37. The number of aryl methyl sites for hydroxylation is 1. The van der Waals surface area contributed by atoms with Gasteiger partial charge in [0, 0.05) is 23.6 Å². The highest BCUT2D eigenvalue weighted by molar-refractivity contribution is 6.02. The zero-order valence-electron chi connectivity index (χ0n) is 21.1. The number of phenols is 2. The number of ether oxygens (including phenoxy) is 3. The zero-order valence-corrected chi connectivity index (χ0v) is 21.1. The number of benzene rings is 3. The van der Waals surface area contributed by atoms with Gasteiger partial charge in [0.05, 0.1) is 31.3 Å². The molecule has 0 spiro atoms. The molecule has 0 saturated heterocycles. The molecule has 3 aromatic carbocycles. The van der Waals surface area contributed by atoms with Crippen LogP contribution >= 0.6 is 0 Å². The molecule has 0 radical (unpaired) electrons. The van der Waals surface area contributed by atoms with Gasteiger partial charge in [0.1, 0.15) is 34.7 Å². The van der Waals surface area contributed by atoms with Gasteiger partial charge in [0.25, 0.3) is 0 Å². The third-order valence-corrected chi connectivity index (χ3v) is 6.58. The number of hydrogen-bond acceptors (Lipinski definition) is 8. The molecule has 1 aliphatic rings. The Morgan fingerprint density at radius 1 is 1.00 bits per heavy atom. The van der Waals surface area contributed by atoms with Crippen molar-refractivity contribution < 1.29 is 39.1 Å². The van der Waals surface area contributed by atoms with Crippen LogP contribution in [-0.4, -0.2) is 53.0 Å². The molecule has 0 aromatic heterocycles. The van der Waals surface area contributed by atoms with Gasteiger partial charge in [0.15, 0.2) is 5.78 Å². The van der Waals surface area contributed by atoms with E-state index in [1.165, 1.54) is 38.5 Å². The van der Waals surface area contributed by atoms with Crippen molar-refractivity contribution in [3.05, 3.63) is 82.4 Å². The molecule has 8 heteroatoms. The summed E-state index contributed by atoms with van der Waals surface area (Å²) in [4.78, 5) is 25.6. The van der Waals surface area contributed by atoms with Crippen molar-refractivity contribution in [3.63, 3.8) is 0 Å². The first kappa shape index (κ1) is 26.0. The van der Waals surface area contributed by atoms with Gasteiger partial charge < -0.3 is 29.5 Å². The first-order chi connectivity index (χ1) is 17.6. The predicted molar refractivity (Wildman–Crippen MR) is 136 cm³/mol. The maximum absolute atomic E-state index is 13.4. The molecule has 1 heterocycles. The van der Waals surface area contributed by atoms with E-state index in [0.717, 1.165) is 5.56 Å². The Balaban J connectivity index is 1.87. The minimum absolute atomic E-state index is 0.0212. The van der Waals surface area contributed by atoms with Gasteiger partial charge in [-0.05, 0) is 44.0 Å². The summed E-state index contributed by atoms with van der Waals surface area (Å²) >= 11 is 0. The lowest BCUT2D eigenvalue weighted by Gasteiger charge is -2.30. The molecule has 0 fully saturated rings. The Morgan fingerprint density at radius 3 is 2.32 bits per heavy atom. The number of esters is 1. The lowest BCUT2D eigenvalue weighted by atomic mass is 9.80. The molecule has 0 amide bonds. The smallest absolute Gasteiger partial charge is 0.337 e. The molecular formula is C29H30O8. The fourth-order valence-electron chi connectivity index (χ4n) is 4.79. The summed E-state index contributed by atoms with van der Waals surface area (Å²) in [5, 5.41) is 32.7. The topological polar surface area (TPSA) is 123 Å². The number of Topliss-reactive ketones (excluding diaryl/α,β-unsaturated/α-hetero) is 1. The van der Waals surface area contributed by atoms with Gasteiger partial charge in [-0.15, -0.1) is 0 Å². The number of ketones is 1. The maximum atomic E-state index is 13.4. The Kier molecular flexibility index (Phi) is 7.14. The van der Waals surface area contributed by atoms with Gasteiger partial charge in [-0.3, -0.25) is 4.79 Å². The number of aliphatic hydroxyl groups is 1. The van der Waals surface area contributed by atoms with E-state index in [9.17, 15) is 24.9 Å². The van der Waals surface area contributed by atoms with Crippen molar-refractivity contribution in [2.45, 2.75) is 44.3 Å². The third-order valence-electron chi connectivity index (χ3n) is 6.58. The van der Waals surface area contributed by atoms with Crippen LogP contribution in [0.25, 0.3) is 0 Å². The van der Waals surface area contributed by atoms with Crippen LogP contribution in [-0.2, 0) is 11.2 Å². The minimum atomic E-state index is -1.46. The van der Waals surface area contributed by atoms with Crippen molar-refractivity contribution in [3.8, 4) is 23.0 Å². The second-order valence-electron chi connectivity index (χ2n) is 9.56. The molecule has 1 aliphatic heterocycles. The molecule has 0 unspecified atom stereocenters. The molecule has 2 atom stereocenters. The normalized spacial score (nSPS) is 16.6. The molecule has 3 aromatic rings. The van der Waals surface area contributed by atoms with Crippen LogP contribution in [0.4, 0.5) is 0 Å². The van der Waals surface area contributed by atoms with E-state index < -0.39 is 23.6 Å². The average Bonchev–Trinajstić information content (AvgIpc) is 3.28. The summed E-state index contributed by atoms with van der Waals surface area (Å²) in [5.74, 6) is -1.94. The van der Waals surface area contributed by atoms with Crippen LogP contribution in [0.15, 0.2) is 54.6 Å². The molecule has 0 saturated carbocycles. The lowest BCUT2D eigenvalue weighted by molar-refractivity contribution is -0.0301. The van der Waals surface area contributed by atoms with Gasteiger partial charge in [-0.25, -0.2) is 4.79 Å². The third kappa shape index (κ3) is 4.97. The van der Waals surface area contributed by atoms with Gasteiger partial charge >= 0.3 is 5.97 Å². The highest BCUT2D eigenvalue weighted by atomic mass is 16.5. The summed E-state index contributed by atoms with van der Waals surface area (Å²) in [7, 11) is 2.66. The molecule has 37 heavy (non-hydrogen) atoms. The number of fused-ring (bicyclic) bond motifs is 1. The standard InChI is InChI=1S/C29H30O8/c1-29(2,34)27-23(18-14-17(28(33)36-4)11-13-19(18)30)25-22(35-3)15-21(32)24(26(25)37-27)20(31)12-10-16-8-6-5-7-9-16/h5-9,11,13-15,23,27,30,32,34H,10,12H2,1-4H3/t23-,27-/m1/s1. The van der Waals surface area contributed by atoms with E-state index in [1.54, 1.807) is 13.8 Å². The second-order valence-corrected chi connectivity index (χ2v) is 9.56. The summed E-state index contributed by atoms with van der Waals surface area (Å²) in [6.45, 7) is 3.09. The number of aromatic hydroxyl groups is 2. The fraction of sp³-hybridized carbons (Fsp3) is 0.310. The number of carbonyl (C=O) groups excluding carboxylic acids is 2. The van der Waals surface area contributed by atoms with Crippen LogP contribution in [0.2, 0.25) is 0 Å². The Hall–Kier alpha value is -4.04. The van der Waals surface area contributed by atoms with Crippen molar-refractivity contribution in [1.82, 2.24) is 0 Å². The Labute approximate surface area is 215 Å². The molecule has 0 aliphatic carbocycles. The van der Waals surface area contributed by atoms with Crippen LogP contribution in [0.5, 0.6) is 23.0 Å². The highest BCUT2D eigenvalue weighted by Crippen LogP contribution is 2.55. The van der Waals surface area contributed by atoms with E-state index in [-0.39, 0.29) is 51.9 Å².